The van der Waals surface area contributed by atoms with E-state index in [1.54, 1.807) is 19.2 Å². The van der Waals surface area contributed by atoms with Gasteiger partial charge in [-0.25, -0.2) is 4.68 Å². The van der Waals surface area contributed by atoms with Crippen molar-refractivity contribution in [2.24, 2.45) is 7.05 Å². The van der Waals surface area contributed by atoms with E-state index in [1.807, 2.05) is 18.2 Å². The first-order chi connectivity index (χ1) is 7.18. The second-order valence-corrected chi connectivity index (χ2v) is 4.01. The van der Waals surface area contributed by atoms with Crippen molar-refractivity contribution in [2.75, 3.05) is 0 Å². The predicted octanol–water partition coefficient (Wildman–Crippen LogP) is 1.19. The Kier molecular flexibility index (Phi) is 2.47. The molecule has 0 aliphatic heterocycles. The number of ketones is 1. The first-order valence-corrected chi connectivity index (χ1v) is 5.18. The highest BCUT2D eigenvalue weighted by molar-refractivity contribution is 7.11. The molecule has 0 amide bonds. The van der Waals surface area contributed by atoms with E-state index in [9.17, 15) is 4.79 Å². The van der Waals surface area contributed by atoms with Gasteiger partial charge < -0.3 is 0 Å². The Morgan fingerprint density at radius 1 is 1.40 bits per heavy atom. The molecule has 2 rings (SSSR count). The third-order valence-electron chi connectivity index (χ3n) is 1.96. The smallest absolute Gasteiger partial charge is 0.223 e. The zero-order valence-electron chi connectivity index (χ0n) is 8.10. The Hall–Kier alpha value is -1.75. The Morgan fingerprint density at radius 3 is 2.60 bits per heavy atom. The molecule has 15 heavy (non-hydrogen) atoms. The van der Waals surface area contributed by atoms with Crippen LogP contribution >= 0.6 is 11.3 Å². The lowest BCUT2D eigenvalue weighted by molar-refractivity contribution is 0.103. The first kappa shape index (κ1) is 9.79. The largest absolute Gasteiger partial charge is 0.286 e. The van der Waals surface area contributed by atoms with Crippen molar-refractivity contribution in [1.82, 2.24) is 9.78 Å². The van der Waals surface area contributed by atoms with E-state index in [0.717, 1.165) is 11.3 Å². The lowest BCUT2D eigenvalue weighted by Gasteiger charge is -1.94. The van der Waals surface area contributed by atoms with E-state index in [2.05, 4.69) is 5.10 Å². The molecule has 1 N–H and O–H groups in total. The van der Waals surface area contributed by atoms with Crippen LogP contribution in [0.15, 0.2) is 30.3 Å². The molecule has 1 heterocycles. The highest BCUT2D eigenvalue weighted by Gasteiger charge is 2.13. The van der Waals surface area contributed by atoms with Gasteiger partial charge in [0.05, 0.1) is 0 Å². The summed E-state index contributed by atoms with van der Waals surface area (Å²) in [5, 5.41) is 11.8. The van der Waals surface area contributed by atoms with Crippen LogP contribution in [0.1, 0.15) is 15.4 Å². The summed E-state index contributed by atoms with van der Waals surface area (Å²) in [6.07, 6.45) is 0. The van der Waals surface area contributed by atoms with Crippen LogP contribution in [0.25, 0.3) is 0 Å². The van der Waals surface area contributed by atoms with Gasteiger partial charge in [0.25, 0.3) is 0 Å². The van der Waals surface area contributed by atoms with Crippen LogP contribution in [0, 0.1) is 5.41 Å². The number of nitrogens with one attached hydrogen (secondary N) is 1. The molecule has 2 aromatic rings. The van der Waals surface area contributed by atoms with Gasteiger partial charge in [-0.2, -0.15) is 5.10 Å². The highest BCUT2D eigenvalue weighted by Crippen LogP contribution is 2.08. The molecule has 0 unspecified atom stereocenters. The van der Waals surface area contributed by atoms with Gasteiger partial charge in [-0.3, -0.25) is 10.2 Å². The van der Waals surface area contributed by atoms with Gasteiger partial charge in [0.15, 0.2) is 9.81 Å². The molecule has 0 saturated carbocycles. The number of hydrogen-bond donors (Lipinski definition) is 1. The van der Waals surface area contributed by atoms with Gasteiger partial charge in [0.1, 0.15) is 0 Å². The van der Waals surface area contributed by atoms with Crippen LogP contribution in [0.4, 0.5) is 0 Å². The van der Waals surface area contributed by atoms with Crippen LogP contribution in [0.5, 0.6) is 0 Å². The second kappa shape index (κ2) is 3.78. The average molecular weight is 219 g/mol. The molecule has 1 aromatic heterocycles. The van der Waals surface area contributed by atoms with E-state index in [4.69, 9.17) is 5.41 Å². The van der Waals surface area contributed by atoms with Gasteiger partial charge in [0.2, 0.25) is 5.78 Å². The third-order valence-corrected chi connectivity index (χ3v) is 2.88. The molecular weight excluding hydrogens is 210 g/mol. The normalized spacial score (nSPS) is 10.2. The predicted molar refractivity (Wildman–Crippen MR) is 56.8 cm³/mol. The molecule has 5 heteroatoms. The van der Waals surface area contributed by atoms with Crippen molar-refractivity contribution < 1.29 is 4.79 Å². The molecule has 4 nitrogen and oxygen atoms in total. The molecule has 1 aromatic carbocycles. The molecule has 0 fully saturated rings. The molecule has 0 aliphatic rings. The fraction of sp³-hybridized carbons (Fsp3) is 0.100. The van der Waals surface area contributed by atoms with E-state index in [0.29, 0.717) is 10.6 Å². The summed E-state index contributed by atoms with van der Waals surface area (Å²) in [6.45, 7) is 0. The monoisotopic (exact) mass is 219 g/mol. The molecule has 76 valence electrons. The number of carbonyl (C=O) groups is 1. The molecule has 0 radical (unpaired) electrons. The standard InChI is InChI=1S/C10H9N3OS/c1-13-10(11)15-9(12-13)8(14)7-5-3-2-4-6-7/h2-6,11H,1H3. The van der Waals surface area contributed by atoms with Gasteiger partial charge in [-0.15, -0.1) is 0 Å². The molecular formula is C10H9N3OS. The van der Waals surface area contributed by atoms with Crippen molar-refractivity contribution in [3.8, 4) is 0 Å². The number of nitrogens with zero attached hydrogens (tertiary/aromatic N) is 2. The minimum atomic E-state index is -0.130. The Morgan fingerprint density at radius 2 is 2.07 bits per heavy atom. The number of rotatable bonds is 2. The van der Waals surface area contributed by atoms with Gasteiger partial charge in [-0.05, 0) is 0 Å². The molecule has 0 atom stereocenters. The SMILES string of the molecule is Cn1nc(C(=O)c2ccccc2)sc1=N. The maximum Gasteiger partial charge on any atom is 0.223 e. The minimum absolute atomic E-state index is 0.130. The summed E-state index contributed by atoms with van der Waals surface area (Å²) in [5.74, 6) is -0.130. The fourth-order valence-electron chi connectivity index (χ4n) is 1.16. The van der Waals surface area contributed by atoms with E-state index in [1.165, 1.54) is 4.68 Å². The molecule has 0 bridgehead atoms. The Bertz CT molecular complexity index is 541. The summed E-state index contributed by atoms with van der Waals surface area (Å²) in [4.78, 5) is 12.1. The number of aryl methyl sites for hydroxylation is 1. The zero-order valence-corrected chi connectivity index (χ0v) is 8.91. The summed E-state index contributed by atoms with van der Waals surface area (Å²) in [6, 6.07) is 8.96. The van der Waals surface area contributed by atoms with Crippen molar-refractivity contribution in [2.45, 2.75) is 0 Å². The molecule has 0 saturated heterocycles. The van der Waals surface area contributed by atoms with E-state index in [-0.39, 0.29) is 10.6 Å². The Labute approximate surface area is 90.3 Å². The lowest BCUT2D eigenvalue weighted by Crippen LogP contribution is -2.09. The zero-order chi connectivity index (χ0) is 10.8. The third kappa shape index (κ3) is 1.87. The number of carbonyl (C=O) groups excluding carboxylic acids is 1. The fourth-order valence-corrected chi connectivity index (χ4v) is 1.89. The van der Waals surface area contributed by atoms with Crippen LogP contribution in [0.2, 0.25) is 0 Å². The number of hydrogen-bond acceptors (Lipinski definition) is 4. The van der Waals surface area contributed by atoms with Gasteiger partial charge in [-0.1, -0.05) is 41.7 Å². The van der Waals surface area contributed by atoms with Crippen LogP contribution < -0.4 is 4.80 Å². The second-order valence-electron chi connectivity index (χ2n) is 3.03. The average Bonchev–Trinajstić information content (AvgIpc) is 2.59. The van der Waals surface area contributed by atoms with Crippen LogP contribution in [-0.2, 0) is 7.05 Å². The van der Waals surface area contributed by atoms with Crippen molar-refractivity contribution in [1.29, 1.82) is 5.41 Å². The topological polar surface area (TPSA) is 58.7 Å². The summed E-state index contributed by atoms with van der Waals surface area (Å²) in [5.41, 5.74) is 0.604. The minimum Gasteiger partial charge on any atom is -0.286 e. The summed E-state index contributed by atoms with van der Waals surface area (Å²) >= 11 is 1.09. The van der Waals surface area contributed by atoms with E-state index < -0.39 is 0 Å². The first-order valence-electron chi connectivity index (χ1n) is 4.37. The van der Waals surface area contributed by atoms with Gasteiger partial charge >= 0.3 is 0 Å². The summed E-state index contributed by atoms with van der Waals surface area (Å²) in [7, 11) is 1.65. The highest BCUT2D eigenvalue weighted by atomic mass is 32.1. The quantitative estimate of drug-likeness (QED) is 0.771. The number of aromatic nitrogens is 2. The summed E-state index contributed by atoms with van der Waals surface area (Å²) < 4.78 is 1.39. The molecule has 0 spiro atoms. The maximum atomic E-state index is 11.9. The van der Waals surface area contributed by atoms with E-state index >= 15 is 0 Å². The molecule has 0 aliphatic carbocycles. The van der Waals surface area contributed by atoms with Crippen molar-refractivity contribution in [3.05, 3.63) is 45.7 Å². The Balaban J connectivity index is 2.41. The van der Waals surface area contributed by atoms with Crippen LogP contribution in [0.3, 0.4) is 0 Å². The van der Waals surface area contributed by atoms with Crippen molar-refractivity contribution >= 4 is 17.1 Å². The van der Waals surface area contributed by atoms with Crippen LogP contribution in [-0.4, -0.2) is 15.6 Å². The van der Waals surface area contributed by atoms with Gasteiger partial charge in [0, 0.05) is 12.6 Å². The number of benzene rings is 1. The lowest BCUT2D eigenvalue weighted by atomic mass is 10.1. The van der Waals surface area contributed by atoms with Crippen molar-refractivity contribution in [3.63, 3.8) is 0 Å². The maximum absolute atomic E-state index is 11.9.